The Balaban J connectivity index is 1.84. The average Bonchev–Trinajstić information content (AvgIpc) is 2.52. The summed E-state index contributed by atoms with van der Waals surface area (Å²) in [6.07, 6.45) is 0. The van der Waals surface area contributed by atoms with Crippen LogP contribution < -0.4 is 10.6 Å². The first-order valence-corrected chi connectivity index (χ1v) is 7.89. The van der Waals surface area contributed by atoms with Gasteiger partial charge in [0.15, 0.2) is 0 Å². The molecule has 122 valence electrons. The second-order valence-corrected chi connectivity index (χ2v) is 6.01. The van der Waals surface area contributed by atoms with E-state index in [1.165, 1.54) is 12.1 Å². The maximum absolute atomic E-state index is 13.8. The van der Waals surface area contributed by atoms with Gasteiger partial charge in [0.1, 0.15) is 17.5 Å². The van der Waals surface area contributed by atoms with Crippen LogP contribution in [0.3, 0.4) is 0 Å². The number of aromatic nitrogens is 2. The molecule has 0 spiro atoms. The van der Waals surface area contributed by atoms with Gasteiger partial charge in [-0.2, -0.15) is 4.98 Å². The van der Waals surface area contributed by atoms with Crippen molar-refractivity contribution in [3.63, 3.8) is 0 Å². The minimum Gasteiger partial charge on any atom is -0.338 e. The molecular weight excluding hydrogens is 378 g/mol. The molecule has 0 aliphatic heterocycles. The first kappa shape index (κ1) is 16.3. The third kappa shape index (κ3) is 4.05. The Morgan fingerprint density at radius 3 is 2.38 bits per heavy atom. The van der Waals surface area contributed by atoms with Gasteiger partial charge in [-0.1, -0.05) is 15.9 Å². The second kappa shape index (κ2) is 6.92. The van der Waals surface area contributed by atoms with Gasteiger partial charge in [0.05, 0.1) is 5.69 Å². The highest BCUT2D eigenvalue weighted by Gasteiger charge is 2.07. The van der Waals surface area contributed by atoms with Gasteiger partial charge in [-0.25, -0.2) is 13.8 Å². The normalized spacial score (nSPS) is 10.5. The zero-order valence-electron chi connectivity index (χ0n) is 12.6. The molecule has 2 aromatic carbocycles. The fourth-order valence-electron chi connectivity index (χ4n) is 2.08. The molecule has 0 unspecified atom stereocenters. The molecule has 0 amide bonds. The summed E-state index contributed by atoms with van der Waals surface area (Å²) in [7, 11) is 0. The zero-order valence-corrected chi connectivity index (χ0v) is 14.2. The minimum absolute atomic E-state index is 0.143. The Hall–Kier alpha value is -2.54. The van der Waals surface area contributed by atoms with Crippen LogP contribution in [0.1, 0.15) is 5.69 Å². The van der Waals surface area contributed by atoms with E-state index in [0.29, 0.717) is 17.5 Å². The van der Waals surface area contributed by atoms with Gasteiger partial charge in [0.2, 0.25) is 5.95 Å². The van der Waals surface area contributed by atoms with Crippen molar-refractivity contribution in [2.24, 2.45) is 0 Å². The molecule has 4 nitrogen and oxygen atoms in total. The first-order chi connectivity index (χ1) is 11.5. The van der Waals surface area contributed by atoms with Crippen molar-refractivity contribution in [1.82, 2.24) is 9.97 Å². The molecule has 0 saturated heterocycles. The molecule has 1 heterocycles. The largest absolute Gasteiger partial charge is 0.338 e. The molecule has 0 bridgehead atoms. The van der Waals surface area contributed by atoms with Crippen LogP contribution in [0, 0.1) is 18.6 Å². The molecule has 2 N–H and O–H groups in total. The number of halogens is 3. The monoisotopic (exact) mass is 390 g/mol. The number of rotatable bonds is 4. The zero-order chi connectivity index (χ0) is 17.1. The molecule has 3 aromatic rings. The fraction of sp³-hybridized carbons (Fsp3) is 0.0588. The van der Waals surface area contributed by atoms with Crippen molar-refractivity contribution >= 4 is 39.1 Å². The summed E-state index contributed by atoms with van der Waals surface area (Å²) in [4.78, 5) is 8.61. The Bertz CT molecular complexity index is 869. The predicted octanol–water partition coefficient (Wildman–Crippen LogP) is 5.31. The van der Waals surface area contributed by atoms with Gasteiger partial charge >= 0.3 is 0 Å². The lowest BCUT2D eigenvalue weighted by Crippen LogP contribution is -2.03. The smallest absolute Gasteiger partial charge is 0.229 e. The third-order valence-electron chi connectivity index (χ3n) is 3.15. The van der Waals surface area contributed by atoms with Crippen molar-refractivity contribution in [3.05, 3.63) is 70.3 Å². The van der Waals surface area contributed by atoms with E-state index in [-0.39, 0.29) is 5.69 Å². The van der Waals surface area contributed by atoms with Crippen molar-refractivity contribution < 1.29 is 8.78 Å². The highest BCUT2D eigenvalue weighted by Crippen LogP contribution is 2.22. The molecule has 7 heteroatoms. The summed E-state index contributed by atoms with van der Waals surface area (Å²) in [5.41, 5.74) is 1.67. The SMILES string of the molecule is Cc1cc(Nc2ccc(F)cc2F)nc(Nc2ccc(Br)cc2)n1. The van der Waals surface area contributed by atoms with Crippen LogP contribution in [-0.2, 0) is 0 Å². The van der Waals surface area contributed by atoms with E-state index >= 15 is 0 Å². The third-order valence-corrected chi connectivity index (χ3v) is 3.68. The van der Waals surface area contributed by atoms with Crippen LogP contribution in [0.5, 0.6) is 0 Å². The fourth-order valence-corrected chi connectivity index (χ4v) is 2.34. The molecule has 24 heavy (non-hydrogen) atoms. The summed E-state index contributed by atoms with van der Waals surface area (Å²) >= 11 is 3.37. The molecular formula is C17H13BrF2N4. The number of hydrogen-bond acceptors (Lipinski definition) is 4. The molecule has 1 aromatic heterocycles. The molecule has 3 rings (SSSR count). The molecule has 0 fully saturated rings. The Morgan fingerprint density at radius 1 is 0.917 bits per heavy atom. The molecule has 0 radical (unpaired) electrons. The molecule has 0 aliphatic carbocycles. The summed E-state index contributed by atoms with van der Waals surface area (Å²) in [6.45, 7) is 1.81. The van der Waals surface area contributed by atoms with Crippen LogP contribution in [0.15, 0.2) is 53.0 Å². The van der Waals surface area contributed by atoms with Crippen LogP contribution in [-0.4, -0.2) is 9.97 Å². The van der Waals surface area contributed by atoms with Crippen LogP contribution in [0.2, 0.25) is 0 Å². The maximum atomic E-state index is 13.8. The second-order valence-electron chi connectivity index (χ2n) is 5.10. The summed E-state index contributed by atoms with van der Waals surface area (Å²) in [5.74, 6) is -0.529. The quantitative estimate of drug-likeness (QED) is 0.633. The average molecular weight is 391 g/mol. The minimum atomic E-state index is -0.686. The van der Waals surface area contributed by atoms with Gasteiger partial charge in [0.25, 0.3) is 0 Å². The van der Waals surface area contributed by atoms with Crippen molar-refractivity contribution in [2.75, 3.05) is 10.6 Å². The van der Waals surface area contributed by atoms with Crippen LogP contribution in [0.25, 0.3) is 0 Å². The van der Waals surface area contributed by atoms with E-state index in [0.717, 1.165) is 16.2 Å². The Morgan fingerprint density at radius 2 is 1.67 bits per heavy atom. The number of nitrogens with one attached hydrogen (secondary N) is 2. The van der Waals surface area contributed by atoms with Crippen molar-refractivity contribution in [2.45, 2.75) is 6.92 Å². The van der Waals surface area contributed by atoms with E-state index in [1.807, 2.05) is 24.3 Å². The number of benzene rings is 2. The van der Waals surface area contributed by atoms with Gasteiger partial charge in [0, 0.05) is 28.0 Å². The topological polar surface area (TPSA) is 49.8 Å². The van der Waals surface area contributed by atoms with Crippen molar-refractivity contribution in [1.29, 1.82) is 0 Å². The molecule has 0 aliphatic rings. The highest BCUT2D eigenvalue weighted by atomic mass is 79.9. The number of nitrogens with zero attached hydrogens (tertiary/aromatic N) is 2. The Labute approximate surface area is 146 Å². The molecule has 0 atom stereocenters. The summed E-state index contributed by atoms with van der Waals surface area (Å²) < 4.78 is 27.7. The van der Waals surface area contributed by atoms with Gasteiger partial charge in [-0.15, -0.1) is 0 Å². The highest BCUT2D eigenvalue weighted by molar-refractivity contribution is 9.10. The van der Waals surface area contributed by atoms with E-state index < -0.39 is 11.6 Å². The predicted molar refractivity (Wildman–Crippen MR) is 93.8 cm³/mol. The van der Waals surface area contributed by atoms with Crippen LogP contribution >= 0.6 is 15.9 Å². The standard InChI is InChI=1S/C17H13BrF2N4/c1-10-8-16(23-15-7-4-12(19)9-14(15)20)24-17(21-10)22-13-5-2-11(18)3-6-13/h2-9H,1H3,(H2,21,22,23,24). The van der Waals surface area contributed by atoms with Gasteiger partial charge in [-0.05, 0) is 43.3 Å². The lowest BCUT2D eigenvalue weighted by atomic mass is 10.3. The number of aryl methyl sites for hydroxylation is 1. The maximum Gasteiger partial charge on any atom is 0.229 e. The van der Waals surface area contributed by atoms with Crippen LogP contribution in [0.4, 0.5) is 31.9 Å². The van der Waals surface area contributed by atoms with E-state index in [2.05, 4.69) is 36.5 Å². The van der Waals surface area contributed by atoms with Gasteiger partial charge < -0.3 is 10.6 Å². The first-order valence-electron chi connectivity index (χ1n) is 7.10. The lowest BCUT2D eigenvalue weighted by Gasteiger charge is -2.10. The summed E-state index contributed by atoms with van der Waals surface area (Å²) in [6, 6.07) is 12.5. The Kier molecular flexibility index (Phi) is 4.71. The van der Waals surface area contributed by atoms with E-state index in [9.17, 15) is 8.78 Å². The van der Waals surface area contributed by atoms with Gasteiger partial charge in [-0.3, -0.25) is 0 Å². The number of anilines is 4. The van der Waals surface area contributed by atoms with Crippen molar-refractivity contribution in [3.8, 4) is 0 Å². The number of hydrogen-bond donors (Lipinski definition) is 2. The summed E-state index contributed by atoms with van der Waals surface area (Å²) in [5, 5.41) is 5.92. The lowest BCUT2D eigenvalue weighted by molar-refractivity contribution is 0.586. The van der Waals surface area contributed by atoms with E-state index in [4.69, 9.17) is 0 Å². The van der Waals surface area contributed by atoms with E-state index in [1.54, 1.807) is 13.0 Å². The molecule has 0 saturated carbocycles.